The molecule has 5 heteroatoms. The predicted molar refractivity (Wildman–Crippen MR) is 150 cm³/mol. The number of anilines is 1. The van der Waals surface area contributed by atoms with Gasteiger partial charge in [-0.25, -0.2) is 4.98 Å². The minimum Gasteiger partial charge on any atom is -0.302 e. The van der Waals surface area contributed by atoms with Crippen molar-refractivity contribution in [1.82, 2.24) is 9.97 Å². The van der Waals surface area contributed by atoms with Crippen LogP contribution in [0, 0.1) is 5.92 Å². The Morgan fingerprint density at radius 2 is 1.62 bits per heavy atom. The first-order chi connectivity index (χ1) is 18.1. The van der Waals surface area contributed by atoms with Gasteiger partial charge in [-0.15, -0.1) is 11.3 Å². The third kappa shape index (κ3) is 4.47. The Kier molecular flexibility index (Phi) is 6.15. The third-order valence-electron chi connectivity index (χ3n) is 7.52. The molecule has 182 valence electrons. The number of nitrogens with zero attached hydrogens (tertiary/aromatic N) is 2. The van der Waals surface area contributed by atoms with Crippen LogP contribution in [0.3, 0.4) is 0 Å². The summed E-state index contributed by atoms with van der Waals surface area (Å²) in [4.78, 5) is 22.5. The van der Waals surface area contributed by atoms with E-state index >= 15 is 0 Å². The molecule has 0 bridgehead atoms. The zero-order valence-electron chi connectivity index (χ0n) is 20.6. The van der Waals surface area contributed by atoms with Gasteiger partial charge in [0.15, 0.2) is 5.13 Å². The van der Waals surface area contributed by atoms with Gasteiger partial charge in [-0.05, 0) is 51.9 Å². The Bertz CT molecular complexity index is 1530. The molecule has 1 N–H and O–H groups in total. The van der Waals surface area contributed by atoms with Crippen molar-refractivity contribution in [3.8, 4) is 11.1 Å². The second kappa shape index (κ2) is 9.75. The van der Waals surface area contributed by atoms with Crippen LogP contribution in [0.25, 0.3) is 11.1 Å². The van der Waals surface area contributed by atoms with E-state index in [1.54, 1.807) is 12.4 Å². The minimum atomic E-state index is -0.390. The van der Waals surface area contributed by atoms with Crippen LogP contribution in [0.2, 0.25) is 0 Å². The van der Waals surface area contributed by atoms with Crippen LogP contribution >= 0.6 is 11.3 Å². The van der Waals surface area contributed by atoms with Gasteiger partial charge in [-0.1, -0.05) is 85.8 Å². The zero-order chi connectivity index (χ0) is 25.2. The summed E-state index contributed by atoms with van der Waals surface area (Å²) in [5.41, 5.74) is 7.70. The van der Waals surface area contributed by atoms with Crippen LogP contribution in [-0.4, -0.2) is 15.9 Å². The topological polar surface area (TPSA) is 54.9 Å². The van der Waals surface area contributed by atoms with Gasteiger partial charge in [-0.2, -0.15) is 0 Å². The van der Waals surface area contributed by atoms with E-state index < -0.39 is 5.41 Å². The summed E-state index contributed by atoms with van der Waals surface area (Å²) in [6.45, 7) is 2.20. The van der Waals surface area contributed by atoms with E-state index in [0.717, 1.165) is 35.2 Å². The molecule has 0 radical (unpaired) electrons. The van der Waals surface area contributed by atoms with Gasteiger partial charge in [0, 0.05) is 29.6 Å². The fraction of sp³-hybridized carbons (Fsp3) is 0.156. The molecule has 4 nitrogen and oxygen atoms in total. The summed E-state index contributed by atoms with van der Waals surface area (Å²) in [6, 6.07) is 31.3. The quantitative estimate of drug-likeness (QED) is 0.275. The number of hydrogen-bond donors (Lipinski definition) is 1. The Morgan fingerprint density at radius 1 is 0.919 bits per heavy atom. The normalized spacial score (nSPS) is 18.4. The van der Waals surface area contributed by atoms with Crippen molar-refractivity contribution in [2.24, 2.45) is 5.92 Å². The molecule has 3 aromatic carbocycles. The molecule has 0 fully saturated rings. The molecular formula is C32H27N3OS. The number of pyridine rings is 1. The molecule has 0 saturated carbocycles. The van der Waals surface area contributed by atoms with Crippen LogP contribution in [-0.2, 0) is 23.1 Å². The number of carbonyl (C=O) groups is 1. The lowest BCUT2D eigenvalue weighted by atomic mass is 9.71. The summed E-state index contributed by atoms with van der Waals surface area (Å²) in [6.07, 6.45) is 5.05. The summed E-state index contributed by atoms with van der Waals surface area (Å²) >= 11 is 1.49. The molecule has 0 aliphatic heterocycles. The van der Waals surface area contributed by atoms with Crippen LogP contribution < -0.4 is 5.32 Å². The summed E-state index contributed by atoms with van der Waals surface area (Å²) in [7, 11) is 0. The number of nitrogens with one attached hydrogen (secondary N) is 1. The lowest BCUT2D eigenvalue weighted by molar-refractivity contribution is -0.121. The average Bonchev–Trinajstić information content (AvgIpc) is 3.52. The van der Waals surface area contributed by atoms with Gasteiger partial charge in [0.05, 0.1) is 11.6 Å². The minimum absolute atomic E-state index is 0.0187. The Balaban J connectivity index is 1.18. The maximum Gasteiger partial charge on any atom is 0.230 e. The SMILES string of the molecule is C[C@]1(c2ccccc2)c2ccccc2C[C@H]1C(=O)Nc1nc(Cc2ccc(-c3ccncc3)cc2)cs1. The van der Waals surface area contributed by atoms with Crippen LogP contribution in [0.4, 0.5) is 5.13 Å². The Labute approximate surface area is 221 Å². The van der Waals surface area contributed by atoms with Crippen molar-refractivity contribution in [1.29, 1.82) is 0 Å². The molecule has 5 aromatic rings. The van der Waals surface area contributed by atoms with Gasteiger partial charge < -0.3 is 5.32 Å². The number of hydrogen-bond acceptors (Lipinski definition) is 4. The Morgan fingerprint density at radius 3 is 2.41 bits per heavy atom. The highest BCUT2D eigenvalue weighted by Crippen LogP contribution is 2.48. The van der Waals surface area contributed by atoms with E-state index in [4.69, 9.17) is 4.98 Å². The van der Waals surface area contributed by atoms with Crippen molar-refractivity contribution in [2.75, 3.05) is 5.32 Å². The van der Waals surface area contributed by atoms with E-state index in [9.17, 15) is 4.79 Å². The van der Waals surface area contributed by atoms with Crippen molar-refractivity contribution in [3.05, 3.63) is 137 Å². The molecule has 1 amide bonds. The molecular weight excluding hydrogens is 474 g/mol. The molecule has 2 aromatic heterocycles. The standard InChI is InChI=1S/C32H27N3OS/c1-32(26-8-3-2-4-9-26)28-10-6-5-7-25(28)20-29(32)30(36)35-31-34-27(21-37-31)19-22-11-13-23(14-12-22)24-15-17-33-18-16-24/h2-18,21,29H,19-20H2,1H3,(H,34,35,36)/t29-,32-/m0/s1. The van der Waals surface area contributed by atoms with E-state index in [-0.39, 0.29) is 11.8 Å². The zero-order valence-corrected chi connectivity index (χ0v) is 21.4. The number of thiazole rings is 1. The van der Waals surface area contributed by atoms with Crippen molar-refractivity contribution in [2.45, 2.75) is 25.2 Å². The molecule has 2 heterocycles. The molecule has 1 aliphatic carbocycles. The average molecular weight is 502 g/mol. The fourth-order valence-electron chi connectivity index (χ4n) is 5.52. The van der Waals surface area contributed by atoms with E-state index in [0.29, 0.717) is 5.13 Å². The van der Waals surface area contributed by atoms with Crippen LogP contribution in [0.15, 0.2) is 109 Å². The van der Waals surface area contributed by atoms with Gasteiger partial charge in [0.1, 0.15) is 0 Å². The van der Waals surface area contributed by atoms with Crippen LogP contribution in [0.1, 0.15) is 34.9 Å². The number of benzene rings is 3. The first-order valence-electron chi connectivity index (χ1n) is 12.5. The highest BCUT2D eigenvalue weighted by Gasteiger charge is 2.47. The first kappa shape index (κ1) is 23.3. The van der Waals surface area contributed by atoms with E-state index in [2.05, 4.69) is 77.9 Å². The summed E-state index contributed by atoms with van der Waals surface area (Å²) in [5, 5.41) is 5.83. The number of fused-ring (bicyclic) bond motifs is 1. The monoisotopic (exact) mass is 501 g/mol. The third-order valence-corrected chi connectivity index (χ3v) is 8.33. The first-order valence-corrected chi connectivity index (χ1v) is 13.4. The predicted octanol–water partition coefficient (Wildman–Crippen LogP) is 6.91. The number of amides is 1. The lowest BCUT2D eigenvalue weighted by Gasteiger charge is -2.32. The highest BCUT2D eigenvalue weighted by atomic mass is 32.1. The number of aromatic nitrogens is 2. The second-order valence-electron chi connectivity index (χ2n) is 9.73. The van der Waals surface area contributed by atoms with Crippen molar-refractivity contribution >= 4 is 22.4 Å². The van der Waals surface area contributed by atoms with Gasteiger partial charge in [0.25, 0.3) is 0 Å². The molecule has 2 atom stereocenters. The summed E-state index contributed by atoms with van der Waals surface area (Å²) in [5.74, 6) is -0.189. The molecule has 0 saturated heterocycles. The van der Waals surface area contributed by atoms with E-state index in [1.165, 1.54) is 28.0 Å². The molecule has 0 spiro atoms. The van der Waals surface area contributed by atoms with Crippen molar-refractivity contribution in [3.63, 3.8) is 0 Å². The van der Waals surface area contributed by atoms with Crippen molar-refractivity contribution < 1.29 is 4.79 Å². The Hall–Kier alpha value is -4.09. The van der Waals surface area contributed by atoms with Gasteiger partial charge >= 0.3 is 0 Å². The molecule has 6 rings (SSSR count). The summed E-state index contributed by atoms with van der Waals surface area (Å²) < 4.78 is 0. The number of rotatable bonds is 6. The van der Waals surface area contributed by atoms with Gasteiger partial charge in [0.2, 0.25) is 5.91 Å². The van der Waals surface area contributed by atoms with Gasteiger partial charge in [-0.3, -0.25) is 9.78 Å². The van der Waals surface area contributed by atoms with E-state index in [1.807, 2.05) is 35.7 Å². The molecule has 37 heavy (non-hydrogen) atoms. The highest BCUT2D eigenvalue weighted by molar-refractivity contribution is 7.13. The molecule has 1 aliphatic rings. The fourth-order valence-corrected chi connectivity index (χ4v) is 6.23. The lowest BCUT2D eigenvalue weighted by Crippen LogP contribution is -2.38. The number of carbonyl (C=O) groups excluding carboxylic acids is 1. The molecule has 0 unspecified atom stereocenters. The largest absolute Gasteiger partial charge is 0.302 e. The van der Waals surface area contributed by atoms with Crippen LogP contribution in [0.5, 0.6) is 0 Å². The second-order valence-corrected chi connectivity index (χ2v) is 10.6. The maximum atomic E-state index is 13.7. The smallest absolute Gasteiger partial charge is 0.230 e. The maximum absolute atomic E-state index is 13.7.